The summed E-state index contributed by atoms with van der Waals surface area (Å²) >= 11 is 1.32. The number of halogens is 2. The molecule has 0 radical (unpaired) electrons. The van der Waals surface area contributed by atoms with Crippen LogP contribution in [-0.2, 0) is 10.4 Å². The number of alkyl halides is 2. The maximum absolute atomic E-state index is 12.9. The Morgan fingerprint density at radius 1 is 1.24 bits per heavy atom. The summed E-state index contributed by atoms with van der Waals surface area (Å²) < 4.78 is 25.9. The molecule has 1 saturated carbocycles. The Morgan fingerprint density at radius 2 is 2.03 bits per heavy atom. The number of aromatic amines is 1. The van der Waals surface area contributed by atoms with Crippen molar-refractivity contribution in [3.8, 4) is 10.6 Å². The van der Waals surface area contributed by atoms with E-state index in [0.717, 1.165) is 21.8 Å². The van der Waals surface area contributed by atoms with Crippen LogP contribution in [0.3, 0.4) is 0 Å². The van der Waals surface area contributed by atoms with Crippen molar-refractivity contribution in [2.24, 2.45) is 5.92 Å². The number of hydrogen-bond acceptors (Lipinski definition) is 8. The molecule has 0 atom stereocenters. The Balaban J connectivity index is 1.40. The van der Waals surface area contributed by atoms with Gasteiger partial charge in [0.05, 0.1) is 16.3 Å². The topological polar surface area (TPSA) is 137 Å². The second-order valence-electron chi connectivity index (χ2n) is 8.24. The molecular formula is C22H20F2N6O3S. The van der Waals surface area contributed by atoms with Crippen molar-refractivity contribution in [2.75, 3.05) is 5.32 Å². The van der Waals surface area contributed by atoms with Crippen LogP contribution in [-0.4, -0.2) is 41.3 Å². The van der Waals surface area contributed by atoms with Gasteiger partial charge in [-0.3, -0.25) is 9.89 Å². The lowest BCUT2D eigenvalue weighted by atomic mass is 9.79. The van der Waals surface area contributed by atoms with Gasteiger partial charge in [0.2, 0.25) is 5.95 Å². The highest BCUT2D eigenvalue weighted by atomic mass is 32.1. The predicted octanol–water partition coefficient (Wildman–Crippen LogP) is 4.62. The molecule has 4 aromatic rings. The van der Waals surface area contributed by atoms with Crippen molar-refractivity contribution in [1.29, 1.82) is 0 Å². The molecule has 176 valence electrons. The fourth-order valence-corrected chi connectivity index (χ4v) is 5.18. The van der Waals surface area contributed by atoms with Crippen LogP contribution in [0.15, 0.2) is 36.7 Å². The molecule has 1 aliphatic carbocycles. The summed E-state index contributed by atoms with van der Waals surface area (Å²) in [7, 11) is 0. The SMILES string of the molecule is O=C(O)C1CCC(O)(c2ncc(-c3n[nH]c4ccc(Nc5nccc(C(F)F)n5)cc34)s2)CC1. The largest absolute Gasteiger partial charge is 0.481 e. The third kappa shape index (κ3) is 4.21. The van der Waals surface area contributed by atoms with E-state index >= 15 is 0 Å². The van der Waals surface area contributed by atoms with Gasteiger partial charge < -0.3 is 15.5 Å². The van der Waals surface area contributed by atoms with Crippen LogP contribution >= 0.6 is 11.3 Å². The molecule has 9 nitrogen and oxygen atoms in total. The number of carboxylic acids is 1. The number of thiazole rings is 1. The van der Waals surface area contributed by atoms with Gasteiger partial charge in [0.1, 0.15) is 22.0 Å². The fourth-order valence-electron chi connectivity index (χ4n) is 4.12. The second-order valence-corrected chi connectivity index (χ2v) is 9.27. The third-order valence-electron chi connectivity index (χ3n) is 6.02. The molecular weight excluding hydrogens is 466 g/mol. The van der Waals surface area contributed by atoms with E-state index in [1.807, 2.05) is 0 Å². The first-order valence-electron chi connectivity index (χ1n) is 10.6. The number of nitrogens with zero attached hydrogens (tertiary/aromatic N) is 4. The number of aliphatic hydroxyl groups is 1. The van der Waals surface area contributed by atoms with Crippen LogP contribution in [0.25, 0.3) is 21.5 Å². The number of aliphatic carboxylic acids is 1. The highest BCUT2D eigenvalue weighted by Crippen LogP contribution is 2.43. The van der Waals surface area contributed by atoms with Crippen LogP contribution in [0.4, 0.5) is 20.4 Å². The van der Waals surface area contributed by atoms with E-state index in [1.54, 1.807) is 24.4 Å². The third-order valence-corrected chi connectivity index (χ3v) is 7.22. The summed E-state index contributed by atoms with van der Waals surface area (Å²) in [6.45, 7) is 0. The summed E-state index contributed by atoms with van der Waals surface area (Å²) in [6.07, 6.45) is 1.69. The van der Waals surface area contributed by atoms with Crippen LogP contribution in [0.2, 0.25) is 0 Å². The van der Waals surface area contributed by atoms with Crippen LogP contribution in [0.1, 0.15) is 42.8 Å². The molecule has 1 aliphatic rings. The number of anilines is 2. The molecule has 0 bridgehead atoms. The lowest BCUT2D eigenvalue weighted by molar-refractivity contribution is -0.145. The van der Waals surface area contributed by atoms with Crippen molar-refractivity contribution >= 4 is 39.8 Å². The van der Waals surface area contributed by atoms with Gasteiger partial charge in [-0.1, -0.05) is 0 Å². The van der Waals surface area contributed by atoms with Crippen molar-refractivity contribution in [3.05, 3.63) is 47.4 Å². The minimum atomic E-state index is -2.69. The zero-order valence-electron chi connectivity index (χ0n) is 17.7. The molecule has 3 heterocycles. The minimum Gasteiger partial charge on any atom is -0.481 e. The van der Waals surface area contributed by atoms with E-state index in [1.165, 1.54) is 17.5 Å². The van der Waals surface area contributed by atoms with Crippen LogP contribution < -0.4 is 5.32 Å². The zero-order valence-corrected chi connectivity index (χ0v) is 18.5. The number of nitrogens with one attached hydrogen (secondary N) is 2. The quantitative estimate of drug-likeness (QED) is 0.310. The van der Waals surface area contributed by atoms with E-state index < -0.39 is 23.9 Å². The maximum atomic E-state index is 12.9. The van der Waals surface area contributed by atoms with Gasteiger partial charge in [-0.05, 0) is 49.9 Å². The van der Waals surface area contributed by atoms with Gasteiger partial charge in [-0.15, -0.1) is 11.3 Å². The molecule has 0 saturated heterocycles. The minimum absolute atomic E-state index is 0.0569. The first kappa shape index (κ1) is 22.3. The molecule has 0 unspecified atom stereocenters. The molecule has 0 aliphatic heterocycles. The fraction of sp³-hybridized carbons (Fsp3) is 0.318. The van der Waals surface area contributed by atoms with Gasteiger partial charge >= 0.3 is 5.97 Å². The molecule has 5 rings (SSSR count). The molecule has 0 spiro atoms. The van der Waals surface area contributed by atoms with E-state index in [0.29, 0.717) is 42.1 Å². The van der Waals surface area contributed by atoms with Crippen molar-refractivity contribution in [3.63, 3.8) is 0 Å². The number of hydrogen-bond donors (Lipinski definition) is 4. The van der Waals surface area contributed by atoms with Crippen molar-refractivity contribution in [1.82, 2.24) is 25.1 Å². The van der Waals surface area contributed by atoms with E-state index in [-0.39, 0.29) is 11.6 Å². The van der Waals surface area contributed by atoms with Crippen molar-refractivity contribution in [2.45, 2.75) is 37.7 Å². The molecule has 12 heteroatoms. The Kier molecular flexibility index (Phi) is 5.70. The summed E-state index contributed by atoms with van der Waals surface area (Å²) in [5, 5.41) is 31.9. The van der Waals surface area contributed by atoms with Crippen molar-refractivity contribution < 1.29 is 23.8 Å². The standard InChI is InChI=1S/C22H20F2N6O3S/c23-18(24)15-5-8-25-21(28-15)27-12-1-2-14-13(9-12)17(30-29-14)16-10-26-20(34-16)22(33)6-3-11(4-7-22)19(31)32/h1-2,5,8-11,18,33H,3-4,6-7H2,(H,29,30)(H,31,32)(H,25,27,28). The number of carboxylic acid groups (broad SMARTS) is 1. The first-order valence-corrected chi connectivity index (χ1v) is 11.4. The van der Waals surface area contributed by atoms with Gasteiger partial charge in [0.15, 0.2) is 0 Å². The number of benzene rings is 1. The number of carbonyl (C=O) groups is 1. The average molecular weight is 487 g/mol. The number of aromatic nitrogens is 5. The zero-order chi connectivity index (χ0) is 23.9. The maximum Gasteiger partial charge on any atom is 0.306 e. The Labute approximate surface area is 195 Å². The van der Waals surface area contributed by atoms with Gasteiger partial charge in [-0.25, -0.2) is 23.7 Å². The summed E-state index contributed by atoms with van der Waals surface area (Å²) in [5.41, 5.74) is 0.471. The summed E-state index contributed by atoms with van der Waals surface area (Å²) in [4.78, 5) is 24.2. The highest BCUT2D eigenvalue weighted by molar-refractivity contribution is 7.15. The second kappa shape index (κ2) is 8.69. The predicted molar refractivity (Wildman–Crippen MR) is 121 cm³/mol. The van der Waals surface area contributed by atoms with Crippen LogP contribution in [0, 0.1) is 5.92 Å². The lowest BCUT2D eigenvalue weighted by Gasteiger charge is -2.32. The lowest BCUT2D eigenvalue weighted by Crippen LogP contribution is -2.33. The number of H-pyrrole nitrogens is 1. The molecule has 1 aromatic carbocycles. The van der Waals surface area contributed by atoms with E-state index in [4.69, 9.17) is 0 Å². The monoisotopic (exact) mass is 486 g/mol. The smallest absolute Gasteiger partial charge is 0.306 e. The molecule has 0 amide bonds. The Bertz CT molecular complexity index is 1350. The first-order chi connectivity index (χ1) is 16.3. The normalized spacial score (nSPS) is 20.6. The summed E-state index contributed by atoms with van der Waals surface area (Å²) in [6, 6.07) is 6.52. The van der Waals surface area contributed by atoms with E-state index in [2.05, 4.69) is 30.5 Å². The van der Waals surface area contributed by atoms with E-state index in [9.17, 15) is 23.8 Å². The Hall–Kier alpha value is -3.51. The Morgan fingerprint density at radius 3 is 2.76 bits per heavy atom. The molecule has 4 N–H and O–H groups in total. The number of fused-ring (bicyclic) bond motifs is 1. The average Bonchev–Trinajstić information content (AvgIpc) is 3.47. The highest BCUT2D eigenvalue weighted by Gasteiger charge is 2.39. The molecule has 34 heavy (non-hydrogen) atoms. The van der Waals surface area contributed by atoms with Crippen LogP contribution in [0.5, 0.6) is 0 Å². The number of rotatable bonds is 6. The van der Waals surface area contributed by atoms with Gasteiger partial charge in [-0.2, -0.15) is 5.10 Å². The van der Waals surface area contributed by atoms with Gasteiger partial charge in [0, 0.05) is 23.5 Å². The molecule has 3 aromatic heterocycles. The summed E-state index contributed by atoms with van der Waals surface area (Å²) in [5.74, 6) is -1.21. The van der Waals surface area contributed by atoms with Gasteiger partial charge in [0.25, 0.3) is 6.43 Å². The molecule has 1 fully saturated rings.